The van der Waals surface area contributed by atoms with Crippen LogP contribution in [0.1, 0.15) is 23.1 Å². The van der Waals surface area contributed by atoms with Crippen molar-refractivity contribution >= 4 is 5.57 Å². The summed E-state index contributed by atoms with van der Waals surface area (Å²) in [4.78, 5) is 0. The van der Waals surface area contributed by atoms with Crippen molar-refractivity contribution in [3.8, 4) is 11.8 Å². The lowest BCUT2D eigenvalue weighted by Gasteiger charge is -2.07. The Morgan fingerprint density at radius 2 is 2.07 bits per heavy atom. The molecular formula is C13H11NO. The summed E-state index contributed by atoms with van der Waals surface area (Å²) in [6, 6.07) is 6.47. The van der Waals surface area contributed by atoms with Crippen LogP contribution in [0.25, 0.3) is 5.57 Å². The van der Waals surface area contributed by atoms with Crippen molar-refractivity contribution in [2.45, 2.75) is 19.3 Å². The summed E-state index contributed by atoms with van der Waals surface area (Å²) < 4.78 is 5.67. The Morgan fingerprint density at radius 3 is 2.93 bits per heavy atom. The van der Waals surface area contributed by atoms with E-state index in [1.165, 1.54) is 16.7 Å². The molecule has 2 nitrogen and oxygen atoms in total. The second-order valence-corrected chi connectivity index (χ2v) is 3.99. The van der Waals surface area contributed by atoms with Gasteiger partial charge in [0.1, 0.15) is 5.75 Å². The monoisotopic (exact) mass is 197 g/mol. The molecule has 0 spiro atoms. The van der Waals surface area contributed by atoms with Crippen LogP contribution in [0.4, 0.5) is 0 Å². The topological polar surface area (TPSA) is 33.0 Å². The van der Waals surface area contributed by atoms with Gasteiger partial charge in [-0.25, -0.2) is 0 Å². The number of nitriles is 1. The minimum atomic E-state index is 0.783. The third-order valence-electron chi connectivity index (χ3n) is 3.17. The molecule has 74 valence electrons. The van der Waals surface area contributed by atoms with Gasteiger partial charge in [0, 0.05) is 18.1 Å². The number of ether oxygens (including phenoxy) is 1. The van der Waals surface area contributed by atoms with Gasteiger partial charge in [0.2, 0.25) is 0 Å². The second-order valence-electron chi connectivity index (χ2n) is 3.99. The van der Waals surface area contributed by atoms with E-state index in [1.807, 2.05) is 0 Å². The molecule has 0 saturated carbocycles. The van der Waals surface area contributed by atoms with Crippen LogP contribution in [0.5, 0.6) is 5.75 Å². The number of hydrogen-bond acceptors (Lipinski definition) is 2. The van der Waals surface area contributed by atoms with Crippen molar-refractivity contribution in [1.29, 1.82) is 5.26 Å². The maximum Gasteiger partial charge on any atom is 0.130 e. The molecule has 1 aromatic rings. The zero-order valence-corrected chi connectivity index (χ0v) is 8.42. The third kappa shape index (κ3) is 1.16. The molecule has 0 radical (unpaired) electrons. The average Bonchev–Trinajstić information content (AvgIpc) is 2.83. The number of benzene rings is 1. The summed E-state index contributed by atoms with van der Waals surface area (Å²) in [6.45, 7) is 0.783. The number of hydrogen-bond donors (Lipinski definition) is 0. The molecule has 1 heterocycles. The van der Waals surface area contributed by atoms with Crippen LogP contribution in [-0.4, -0.2) is 6.61 Å². The first-order valence-electron chi connectivity index (χ1n) is 5.27. The molecule has 0 N–H and O–H groups in total. The zero-order chi connectivity index (χ0) is 10.3. The normalized spacial score (nSPS) is 19.5. The highest BCUT2D eigenvalue weighted by Crippen LogP contribution is 2.42. The van der Waals surface area contributed by atoms with Gasteiger partial charge in [-0.05, 0) is 29.5 Å². The Hall–Kier alpha value is -1.75. The Labute approximate surface area is 88.8 Å². The van der Waals surface area contributed by atoms with E-state index in [9.17, 15) is 0 Å². The van der Waals surface area contributed by atoms with Gasteiger partial charge >= 0.3 is 0 Å². The average molecular weight is 197 g/mol. The van der Waals surface area contributed by atoms with Gasteiger partial charge in [-0.2, -0.15) is 5.26 Å². The van der Waals surface area contributed by atoms with E-state index in [1.54, 1.807) is 6.08 Å². The maximum atomic E-state index is 8.73. The largest absolute Gasteiger partial charge is 0.492 e. The molecule has 1 aromatic carbocycles. The first-order chi connectivity index (χ1) is 7.40. The van der Waals surface area contributed by atoms with Crippen LogP contribution >= 0.6 is 0 Å². The Bertz CT molecular complexity index is 494. The Balaban J connectivity index is 2.23. The van der Waals surface area contributed by atoms with Crippen molar-refractivity contribution in [2.75, 3.05) is 6.61 Å². The van der Waals surface area contributed by atoms with Crippen LogP contribution in [-0.2, 0) is 12.8 Å². The van der Waals surface area contributed by atoms with Gasteiger partial charge in [-0.15, -0.1) is 0 Å². The predicted octanol–water partition coefficient (Wildman–Crippen LogP) is 2.47. The highest BCUT2D eigenvalue weighted by Gasteiger charge is 2.25. The zero-order valence-electron chi connectivity index (χ0n) is 8.42. The van der Waals surface area contributed by atoms with Gasteiger partial charge in [0.15, 0.2) is 0 Å². The van der Waals surface area contributed by atoms with Crippen LogP contribution in [0.3, 0.4) is 0 Å². The molecule has 1 aliphatic heterocycles. The molecule has 0 saturated heterocycles. The summed E-state index contributed by atoms with van der Waals surface area (Å²) in [5.41, 5.74) is 4.97. The summed E-state index contributed by atoms with van der Waals surface area (Å²) in [5.74, 6) is 1.03. The van der Waals surface area contributed by atoms with Crippen LogP contribution in [0.15, 0.2) is 18.2 Å². The molecule has 2 heteroatoms. The van der Waals surface area contributed by atoms with Gasteiger partial charge in [-0.1, -0.05) is 12.1 Å². The fourth-order valence-corrected chi connectivity index (χ4v) is 2.47. The van der Waals surface area contributed by atoms with Crippen molar-refractivity contribution in [3.05, 3.63) is 34.9 Å². The van der Waals surface area contributed by atoms with E-state index >= 15 is 0 Å². The van der Waals surface area contributed by atoms with Crippen LogP contribution in [0.2, 0.25) is 0 Å². The van der Waals surface area contributed by atoms with E-state index < -0.39 is 0 Å². The minimum absolute atomic E-state index is 0.783. The summed E-state index contributed by atoms with van der Waals surface area (Å²) in [7, 11) is 0. The van der Waals surface area contributed by atoms with E-state index in [0.717, 1.165) is 37.2 Å². The van der Waals surface area contributed by atoms with Crippen LogP contribution < -0.4 is 4.74 Å². The fraction of sp³-hybridized carbons (Fsp3) is 0.308. The molecule has 0 bridgehead atoms. The number of rotatable bonds is 0. The number of aryl methyl sites for hydroxylation is 1. The molecular weight excluding hydrogens is 186 g/mol. The second kappa shape index (κ2) is 3.13. The summed E-state index contributed by atoms with van der Waals surface area (Å²) in [5, 5.41) is 8.73. The first-order valence-corrected chi connectivity index (χ1v) is 5.27. The minimum Gasteiger partial charge on any atom is -0.492 e. The number of nitrogens with zero attached hydrogens (tertiary/aromatic N) is 1. The molecule has 1 aliphatic carbocycles. The van der Waals surface area contributed by atoms with Crippen molar-refractivity contribution in [1.82, 2.24) is 0 Å². The Morgan fingerprint density at radius 1 is 1.20 bits per heavy atom. The van der Waals surface area contributed by atoms with E-state index in [4.69, 9.17) is 10.00 Å². The maximum absolute atomic E-state index is 8.73. The van der Waals surface area contributed by atoms with Crippen LogP contribution in [0, 0.1) is 11.3 Å². The fourth-order valence-electron chi connectivity index (χ4n) is 2.47. The molecule has 0 unspecified atom stereocenters. The van der Waals surface area contributed by atoms with Gasteiger partial charge < -0.3 is 4.74 Å². The smallest absolute Gasteiger partial charge is 0.130 e. The SMILES string of the molecule is N#CC=C1CCc2ccc3c(c21)OCC3. The predicted molar refractivity (Wildman–Crippen MR) is 57.6 cm³/mol. The standard InChI is InChI=1S/C13H11NO/c14-7-5-10-2-1-9-3-4-11-6-8-15-13(11)12(9)10/h3-5H,1-2,6,8H2. The quantitative estimate of drug-likeness (QED) is 0.598. The van der Waals surface area contributed by atoms with Gasteiger partial charge in [0.05, 0.1) is 12.7 Å². The van der Waals surface area contributed by atoms with E-state index in [-0.39, 0.29) is 0 Å². The first kappa shape index (κ1) is 8.55. The van der Waals surface area contributed by atoms with Crippen molar-refractivity contribution in [3.63, 3.8) is 0 Å². The lowest BCUT2D eigenvalue weighted by molar-refractivity contribution is 0.356. The lowest BCUT2D eigenvalue weighted by Crippen LogP contribution is -1.90. The highest BCUT2D eigenvalue weighted by atomic mass is 16.5. The number of fused-ring (bicyclic) bond motifs is 3. The molecule has 15 heavy (non-hydrogen) atoms. The van der Waals surface area contributed by atoms with Gasteiger partial charge in [0.25, 0.3) is 0 Å². The van der Waals surface area contributed by atoms with Gasteiger partial charge in [-0.3, -0.25) is 0 Å². The summed E-state index contributed by atoms with van der Waals surface area (Å²) >= 11 is 0. The molecule has 0 fully saturated rings. The molecule has 3 rings (SSSR count). The lowest BCUT2D eigenvalue weighted by atomic mass is 10.0. The third-order valence-corrected chi connectivity index (χ3v) is 3.17. The molecule has 0 amide bonds. The highest BCUT2D eigenvalue weighted by molar-refractivity contribution is 5.79. The Kier molecular flexibility index (Phi) is 1.78. The van der Waals surface area contributed by atoms with E-state index in [0.29, 0.717) is 0 Å². The number of allylic oxidation sites excluding steroid dienone is 2. The van der Waals surface area contributed by atoms with Crippen molar-refractivity contribution < 1.29 is 4.74 Å². The summed E-state index contributed by atoms with van der Waals surface area (Å²) in [6.07, 6.45) is 4.68. The molecule has 0 atom stereocenters. The van der Waals surface area contributed by atoms with Crippen molar-refractivity contribution in [2.24, 2.45) is 0 Å². The molecule has 2 aliphatic rings. The molecule has 0 aromatic heterocycles. The van der Waals surface area contributed by atoms with E-state index in [2.05, 4.69) is 18.2 Å².